The predicted molar refractivity (Wildman–Crippen MR) is 74.7 cm³/mol. The van der Waals surface area contributed by atoms with Gasteiger partial charge in [-0.05, 0) is 24.8 Å². The monoisotopic (exact) mass is 280 g/mol. The van der Waals surface area contributed by atoms with E-state index in [0.29, 0.717) is 31.2 Å². The maximum atomic E-state index is 12.4. The lowest BCUT2D eigenvalue weighted by atomic mass is 9.71. The Hall–Kier alpha value is -1.43. The molecule has 1 saturated carbocycles. The van der Waals surface area contributed by atoms with Gasteiger partial charge in [-0.25, -0.2) is 0 Å². The lowest BCUT2D eigenvalue weighted by Gasteiger charge is -2.36. The average molecular weight is 280 g/mol. The minimum Gasteiger partial charge on any atom is -0.340 e. The third-order valence-corrected chi connectivity index (χ3v) is 4.25. The molecule has 0 spiro atoms. The molecule has 0 radical (unpaired) electrons. The summed E-state index contributed by atoms with van der Waals surface area (Å²) < 4.78 is 4.92. The highest BCUT2D eigenvalue weighted by molar-refractivity contribution is 5.76. The highest BCUT2D eigenvalue weighted by atomic mass is 16.5. The van der Waals surface area contributed by atoms with Gasteiger partial charge in [-0.1, -0.05) is 24.4 Å². The van der Waals surface area contributed by atoms with Crippen LogP contribution in [0.4, 0.5) is 0 Å². The molecular weight excluding hydrogens is 256 g/mol. The minimum absolute atomic E-state index is 0.00321. The summed E-state index contributed by atoms with van der Waals surface area (Å²) in [4.78, 5) is 18.2. The lowest BCUT2D eigenvalue weighted by Crippen LogP contribution is -2.39. The molecule has 0 unspecified atom stereocenters. The highest BCUT2D eigenvalue weighted by Gasteiger charge is 2.34. The highest BCUT2D eigenvalue weighted by Crippen LogP contribution is 2.38. The number of amides is 1. The number of aryl methyl sites for hydroxylation is 1. The van der Waals surface area contributed by atoms with E-state index in [0.717, 1.165) is 12.8 Å². The summed E-state index contributed by atoms with van der Waals surface area (Å²) in [6.07, 6.45) is 6.26. The van der Waals surface area contributed by atoms with Crippen molar-refractivity contribution in [3.63, 3.8) is 0 Å². The summed E-state index contributed by atoms with van der Waals surface area (Å²) in [5, 5.41) is 3.82. The van der Waals surface area contributed by atoms with Gasteiger partial charge in [-0.15, -0.1) is 0 Å². The third-order valence-electron chi connectivity index (χ3n) is 4.25. The standard InChI is InChI=1S/C14H24N4O2/c1-11-16-12(17-20-11)9-18(2)13(19)8-14(10-15)6-4-3-5-7-14/h3-10,15H2,1-2H3. The van der Waals surface area contributed by atoms with Crippen LogP contribution in [0, 0.1) is 12.3 Å². The van der Waals surface area contributed by atoms with Crippen molar-refractivity contribution in [1.82, 2.24) is 15.0 Å². The molecule has 1 amide bonds. The van der Waals surface area contributed by atoms with Crippen molar-refractivity contribution in [2.24, 2.45) is 11.1 Å². The molecule has 1 aliphatic carbocycles. The van der Waals surface area contributed by atoms with E-state index in [9.17, 15) is 4.79 Å². The van der Waals surface area contributed by atoms with Gasteiger partial charge in [0.25, 0.3) is 0 Å². The number of nitrogens with two attached hydrogens (primary N) is 1. The van der Waals surface area contributed by atoms with Gasteiger partial charge < -0.3 is 15.2 Å². The van der Waals surface area contributed by atoms with Gasteiger partial charge in [-0.3, -0.25) is 4.79 Å². The van der Waals surface area contributed by atoms with E-state index < -0.39 is 0 Å². The molecule has 1 aromatic heterocycles. The van der Waals surface area contributed by atoms with Gasteiger partial charge in [0.15, 0.2) is 5.82 Å². The van der Waals surface area contributed by atoms with Gasteiger partial charge in [-0.2, -0.15) is 4.98 Å². The van der Waals surface area contributed by atoms with Crippen LogP contribution >= 0.6 is 0 Å². The molecule has 1 aromatic rings. The lowest BCUT2D eigenvalue weighted by molar-refractivity contribution is -0.133. The van der Waals surface area contributed by atoms with Crippen molar-refractivity contribution in [2.45, 2.75) is 52.0 Å². The van der Waals surface area contributed by atoms with Gasteiger partial charge in [0.1, 0.15) is 0 Å². The first kappa shape index (κ1) is 15.0. The molecule has 0 aliphatic heterocycles. The first-order chi connectivity index (χ1) is 9.54. The summed E-state index contributed by atoms with van der Waals surface area (Å²) in [6, 6.07) is 0. The van der Waals surface area contributed by atoms with Crippen molar-refractivity contribution in [3.05, 3.63) is 11.7 Å². The molecule has 0 aromatic carbocycles. The molecule has 6 heteroatoms. The molecule has 2 N–H and O–H groups in total. The van der Waals surface area contributed by atoms with Crippen LogP contribution in [0.2, 0.25) is 0 Å². The maximum Gasteiger partial charge on any atom is 0.223 e. The summed E-state index contributed by atoms with van der Waals surface area (Å²) in [7, 11) is 1.78. The van der Waals surface area contributed by atoms with Gasteiger partial charge in [0, 0.05) is 20.4 Å². The Morgan fingerprint density at radius 3 is 2.65 bits per heavy atom. The van der Waals surface area contributed by atoms with E-state index in [2.05, 4.69) is 10.1 Å². The number of carbonyl (C=O) groups is 1. The fraction of sp³-hybridized carbons (Fsp3) is 0.786. The zero-order chi connectivity index (χ0) is 14.6. The van der Waals surface area contributed by atoms with E-state index in [1.54, 1.807) is 18.9 Å². The zero-order valence-corrected chi connectivity index (χ0v) is 12.4. The number of rotatable bonds is 5. The Labute approximate surface area is 119 Å². The largest absolute Gasteiger partial charge is 0.340 e. The van der Waals surface area contributed by atoms with E-state index in [-0.39, 0.29) is 11.3 Å². The zero-order valence-electron chi connectivity index (χ0n) is 12.4. The summed E-state index contributed by atoms with van der Waals surface area (Å²) >= 11 is 0. The number of carbonyl (C=O) groups excluding carboxylic acids is 1. The first-order valence-electron chi connectivity index (χ1n) is 7.28. The Balaban J connectivity index is 1.92. The second-order valence-electron chi connectivity index (χ2n) is 5.92. The number of aromatic nitrogens is 2. The predicted octanol–water partition coefficient (Wildman–Crippen LogP) is 1.64. The van der Waals surface area contributed by atoms with E-state index in [4.69, 9.17) is 10.3 Å². The quantitative estimate of drug-likeness (QED) is 0.886. The molecule has 1 heterocycles. The molecule has 1 fully saturated rings. The van der Waals surface area contributed by atoms with Crippen LogP contribution in [0.25, 0.3) is 0 Å². The van der Waals surface area contributed by atoms with E-state index in [1.165, 1.54) is 19.3 Å². The van der Waals surface area contributed by atoms with Crippen LogP contribution in [0.5, 0.6) is 0 Å². The molecule has 2 rings (SSSR count). The molecule has 112 valence electrons. The van der Waals surface area contributed by atoms with Crippen molar-refractivity contribution < 1.29 is 9.32 Å². The summed E-state index contributed by atoms with van der Waals surface area (Å²) in [6.45, 7) is 2.72. The third kappa shape index (κ3) is 3.56. The Bertz CT molecular complexity index is 452. The van der Waals surface area contributed by atoms with Gasteiger partial charge in [0.05, 0.1) is 6.54 Å². The molecule has 0 bridgehead atoms. The minimum atomic E-state index is -0.00321. The summed E-state index contributed by atoms with van der Waals surface area (Å²) in [5.41, 5.74) is 5.93. The normalized spacial score (nSPS) is 17.9. The fourth-order valence-corrected chi connectivity index (χ4v) is 2.92. The molecule has 1 aliphatic rings. The van der Waals surface area contributed by atoms with Crippen molar-refractivity contribution in [2.75, 3.05) is 13.6 Å². The van der Waals surface area contributed by atoms with Crippen molar-refractivity contribution in [3.8, 4) is 0 Å². The molecule has 0 atom stereocenters. The Kier molecular flexibility index (Phi) is 4.75. The topological polar surface area (TPSA) is 85.2 Å². The van der Waals surface area contributed by atoms with Crippen LogP contribution in [0.1, 0.15) is 50.2 Å². The van der Waals surface area contributed by atoms with Crippen molar-refractivity contribution >= 4 is 5.91 Å². The second kappa shape index (κ2) is 6.35. The average Bonchev–Trinajstić information content (AvgIpc) is 2.85. The van der Waals surface area contributed by atoms with Crippen LogP contribution in [-0.4, -0.2) is 34.5 Å². The molecule has 20 heavy (non-hydrogen) atoms. The van der Waals surface area contributed by atoms with Crippen LogP contribution in [-0.2, 0) is 11.3 Å². The molecule has 6 nitrogen and oxygen atoms in total. The van der Waals surface area contributed by atoms with Gasteiger partial charge >= 0.3 is 0 Å². The number of hydrogen-bond acceptors (Lipinski definition) is 5. The van der Waals surface area contributed by atoms with Crippen LogP contribution < -0.4 is 5.73 Å². The molecule has 0 saturated heterocycles. The fourth-order valence-electron chi connectivity index (χ4n) is 2.92. The van der Waals surface area contributed by atoms with E-state index in [1.807, 2.05) is 0 Å². The SMILES string of the molecule is Cc1nc(CN(C)C(=O)CC2(CN)CCCCC2)no1. The van der Waals surface area contributed by atoms with Crippen molar-refractivity contribution in [1.29, 1.82) is 0 Å². The van der Waals surface area contributed by atoms with E-state index >= 15 is 0 Å². The number of nitrogens with zero attached hydrogens (tertiary/aromatic N) is 3. The van der Waals surface area contributed by atoms with Crippen LogP contribution in [0.3, 0.4) is 0 Å². The second-order valence-corrected chi connectivity index (χ2v) is 5.92. The maximum absolute atomic E-state index is 12.4. The number of hydrogen-bond donors (Lipinski definition) is 1. The smallest absolute Gasteiger partial charge is 0.223 e. The Morgan fingerprint density at radius 2 is 2.10 bits per heavy atom. The summed E-state index contributed by atoms with van der Waals surface area (Å²) in [5.74, 6) is 1.18. The first-order valence-corrected chi connectivity index (χ1v) is 7.28. The molecular formula is C14H24N4O2. The van der Waals surface area contributed by atoms with Crippen LogP contribution in [0.15, 0.2) is 4.52 Å². The van der Waals surface area contributed by atoms with Gasteiger partial charge in [0.2, 0.25) is 11.8 Å². The Morgan fingerprint density at radius 1 is 1.40 bits per heavy atom.